The number of aryl methyl sites for hydroxylation is 2. The van der Waals surface area contributed by atoms with Gasteiger partial charge in [-0.25, -0.2) is 0 Å². The van der Waals surface area contributed by atoms with Crippen LogP contribution in [0.15, 0.2) is 18.2 Å². The second-order valence-electron chi connectivity index (χ2n) is 7.60. The van der Waals surface area contributed by atoms with E-state index in [2.05, 4.69) is 65.1 Å². The maximum Gasteiger partial charge on any atom is 0.00835 e. The SMILES string of the molecule is Cc1cc(C)cc(C2(CNC(C)C)CC(C(C)C)C2)c1. The Morgan fingerprint density at radius 2 is 1.60 bits per heavy atom. The molecule has 1 saturated carbocycles. The van der Waals surface area contributed by atoms with Crippen LogP contribution in [0.5, 0.6) is 0 Å². The molecule has 2 rings (SSSR count). The number of hydrogen-bond donors (Lipinski definition) is 1. The largest absolute Gasteiger partial charge is 0.314 e. The summed E-state index contributed by atoms with van der Waals surface area (Å²) in [5.41, 5.74) is 4.73. The van der Waals surface area contributed by atoms with Gasteiger partial charge in [0, 0.05) is 18.0 Å². The molecule has 1 N–H and O–H groups in total. The summed E-state index contributed by atoms with van der Waals surface area (Å²) >= 11 is 0. The lowest BCUT2D eigenvalue weighted by molar-refractivity contribution is 0.0957. The van der Waals surface area contributed by atoms with Gasteiger partial charge in [-0.2, -0.15) is 0 Å². The van der Waals surface area contributed by atoms with Gasteiger partial charge in [-0.3, -0.25) is 0 Å². The summed E-state index contributed by atoms with van der Waals surface area (Å²) in [6.07, 6.45) is 2.68. The van der Waals surface area contributed by atoms with Crippen LogP contribution >= 0.6 is 0 Å². The minimum atomic E-state index is 0.371. The molecule has 0 saturated heterocycles. The molecule has 0 aromatic heterocycles. The molecule has 1 aliphatic rings. The van der Waals surface area contributed by atoms with E-state index in [1.165, 1.54) is 24.0 Å². The molecule has 1 heteroatoms. The maximum atomic E-state index is 3.69. The molecule has 1 nitrogen and oxygen atoms in total. The summed E-state index contributed by atoms with van der Waals surface area (Å²) in [7, 11) is 0. The van der Waals surface area contributed by atoms with Gasteiger partial charge in [-0.1, -0.05) is 57.0 Å². The number of hydrogen-bond acceptors (Lipinski definition) is 1. The van der Waals surface area contributed by atoms with Gasteiger partial charge in [0.2, 0.25) is 0 Å². The van der Waals surface area contributed by atoms with E-state index in [0.29, 0.717) is 11.5 Å². The fourth-order valence-electron chi connectivity index (χ4n) is 3.58. The van der Waals surface area contributed by atoms with Crippen LogP contribution in [0.1, 0.15) is 57.2 Å². The van der Waals surface area contributed by atoms with E-state index in [1.54, 1.807) is 5.56 Å². The summed E-state index contributed by atoms with van der Waals surface area (Å²) in [6.45, 7) is 14.8. The van der Waals surface area contributed by atoms with Crippen molar-refractivity contribution < 1.29 is 0 Å². The zero-order valence-electron chi connectivity index (χ0n) is 14.1. The molecule has 0 radical (unpaired) electrons. The molecule has 0 heterocycles. The van der Waals surface area contributed by atoms with Crippen molar-refractivity contribution in [3.05, 3.63) is 34.9 Å². The Bertz CT molecular complexity index is 427. The molecule has 0 atom stereocenters. The standard InChI is InChI=1S/C19H31N/c1-13(2)17-10-19(11-17,12-20-14(3)4)18-8-15(5)7-16(6)9-18/h7-9,13-14,17,20H,10-12H2,1-6H3. The average Bonchev–Trinajstić information content (AvgIpc) is 2.25. The van der Waals surface area contributed by atoms with E-state index in [1.807, 2.05) is 0 Å². The Labute approximate surface area is 125 Å². The van der Waals surface area contributed by atoms with E-state index in [4.69, 9.17) is 0 Å². The zero-order chi connectivity index (χ0) is 14.9. The van der Waals surface area contributed by atoms with Gasteiger partial charge in [0.1, 0.15) is 0 Å². The highest BCUT2D eigenvalue weighted by Crippen LogP contribution is 2.50. The monoisotopic (exact) mass is 273 g/mol. The van der Waals surface area contributed by atoms with Crippen LogP contribution < -0.4 is 5.32 Å². The third-order valence-electron chi connectivity index (χ3n) is 4.93. The van der Waals surface area contributed by atoms with E-state index >= 15 is 0 Å². The zero-order valence-corrected chi connectivity index (χ0v) is 14.1. The average molecular weight is 273 g/mol. The van der Waals surface area contributed by atoms with Gasteiger partial charge in [-0.15, -0.1) is 0 Å². The van der Waals surface area contributed by atoms with Crippen LogP contribution in [0.25, 0.3) is 0 Å². The van der Waals surface area contributed by atoms with E-state index in [9.17, 15) is 0 Å². The topological polar surface area (TPSA) is 12.0 Å². The Morgan fingerprint density at radius 1 is 1.05 bits per heavy atom. The number of nitrogens with one attached hydrogen (secondary N) is 1. The Kier molecular flexibility index (Phi) is 4.59. The van der Waals surface area contributed by atoms with Crippen LogP contribution in [-0.2, 0) is 5.41 Å². The molecule has 1 aromatic rings. The van der Waals surface area contributed by atoms with Crippen molar-refractivity contribution in [3.63, 3.8) is 0 Å². The van der Waals surface area contributed by atoms with Crippen molar-refractivity contribution in [2.24, 2.45) is 11.8 Å². The van der Waals surface area contributed by atoms with Crippen molar-refractivity contribution in [3.8, 4) is 0 Å². The Morgan fingerprint density at radius 3 is 2.05 bits per heavy atom. The van der Waals surface area contributed by atoms with Crippen molar-refractivity contribution in [2.45, 2.75) is 65.8 Å². The highest BCUT2D eigenvalue weighted by molar-refractivity contribution is 5.36. The molecule has 1 aromatic carbocycles. The first kappa shape index (κ1) is 15.6. The van der Waals surface area contributed by atoms with Gasteiger partial charge < -0.3 is 5.32 Å². The van der Waals surface area contributed by atoms with Crippen molar-refractivity contribution in [1.29, 1.82) is 0 Å². The molecular formula is C19H31N. The lowest BCUT2D eigenvalue weighted by Crippen LogP contribution is -2.51. The predicted octanol–water partition coefficient (Wildman–Crippen LogP) is 4.61. The summed E-state index contributed by atoms with van der Waals surface area (Å²) < 4.78 is 0. The third kappa shape index (κ3) is 3.25. The lowest BCUT2D eigenvalue weighted by Gasteiger charge is -2.51. The molecule has 0 amide bonds. The summed E-state index contributed by atoms with van der Waals surface area (Å²) in [5, 5.41) is 3.69. The third-order valence-corrected chi connectivity index (χ3v) is 4.93. The smallest absolute Gasteiger partial charge is 0.00835 e. The molecule has 112 valence electrons. The molecular weight excluding hydrogens is 242 g/mol. The predicted molar refractivity (Wildman–Crippen MR) is 88.3 cm³/mol. The molecule has 1 fully saturated rings. The first-order valence-electron chi connectivity index (χ1n) is 8.14. The van der Waals surface area contributed by atoms with Crippen LogP contribution in [-0.4, -0.2) is 12.6 Å². The highest BCUT2D eigenvalue weighted by atomic mass is 14.9. The van der Waals surface area contributed by atoms with E-state index < -0.39 is 0 Å². The van der Waals surface area contributed by atoms with Crippen LogP contribution in [0.3, 0.4) is 0 Å². The molecule has 0 aliphatic heterocycles. The molecule has 0 bridgehead atoms. The Hall–Kier alpha value is -0.820. The van der Waals surface area contributed by atoms with Crippen molar-refractivity contribution in [2.75, 3.05) is 6.54 Å². The first-order chi connectivity index (χ1) is 9.32. The fraction of sp³-hybridized carbons (Fsp3) is 0.684. The normalized spacial score (nSPS) is 26.1. The van der Waals surface area contributed by atoms with Crippen LogP contribution in [0, 0.1) is 25.7 Å². The second-order valence-corrected chi connectivity index (χ2v) is 7.60. The van der Waals surface area contributed by atoms with Crippen LogP contribution in [0.4, 0.5) is 0 Å². The van der Waals surface area contributed by atoms with Gasteiger partial charge in [0.05, 0.1) is 0 Å². The van der Waals surface area contributed by atoms with Crippen molar-refractivity contribution >= 4 is 0 Å². The maximum absolute atomic E-state index is 3.69. The van der Waals surface area contributed by atoms with E-state index in [-0.39, 0.29) is 0 Å². The lowest BCUT2D eigenvalue weighted by atomic mass is 9.55. The van der Waals surface area contributed by atoms with Crippen molar-refractivity contribution in [1.82, 2.24) is 5.32 Å². The highest BCUT2D eigenvalue weighted by Gasteiger charge is 2.46. The van der Waals surface area contributed by atoms with Gasteiger partial charge in [0.25, 0.3) is 0 Å². The summed E-state index contributed by atoms with van der Waals surface area (Å²) in [5.74, 6) is 1.71. The quantitative estimate of drug-likeness (QED) is 0.826. The second kappa shape index (κ2) is 5.89. The molecule has 1 aliphatic carbocycles. The molecule has 0 unspecified atom stereocenters. The first-order valence-corrected chi connectivity index (χ1v) is 8.14. The van der Waals surface area contributed by atoms with E-state index in [0.717, 1.165) is 18.4 Å². The fourth-order valence-corrected chi connectivity index (χ4v) is 3.58. The Balaban J connectivity index is 2.23. The molecule has 0 spiro atoms. The molecule has 20 heavy (non-hydrogen) atoms. The van der Waals surface area contributed by atoms with Crippen LogP contribution in [0.2, 0.25) is 0 Å². The summed E-state index contributed by atoms with van der Waals surface area (Å²) in [6, 6.07) is 7.67. The minimum Gasteiger partial charge on any atom is -0.314 e. The van der Waals surface area contributed by atoms with Gasteiger partial charge in [0.15, 0.2) is 0 Å². The number of rotatable bonds is 5. The minimum absolute atomic E-state index is 0.371. The van der Waals surface area contributed by atoms with Gasteiger partial charge >= 0.3 is 0 Å². The van der Waals surface area contributed by atoms with Gasteiger partial charge in [-0.05, 0) is 44.1 Å². The number of benzene rings is 1. The summed E-state index contributed by atoms with van der Waals surface area (Å²) in [4.78, 5) is 0.